The molecule has 0 saturated carbocycles. The Morgan fingerprint density at radius 1 is 1.36 bits per heavy atom. The molecule has 1 aromatic heterocycles. The van der Waals surface area contributed by atoms with Crippen LogP contribution in [0.15, 0.2) is 18.5 Å². The molecule has 0 aliphatic carbocycles. The zero-order valence-electron chi connectivity index (χ0n) is 6.22. The Kier molecular flexibility index (Phi) is 3.07. The molecule has 4 nitrogen and oxygen atoms in total. The molecule has 0 unspecified atom stereocenters. The number of hydrogen-bond acceptors (Lipinski definition) is 3. The maximum atomic E-state index is 8.72. The van der Waals surface area contributed by atoms with Crippen LogP contribution < -0.4 is 0 Å². The molecule has 0 bridgehead atoms. The number of aliphatic hydroxyl groups is 2. The number of aliphatic hydroxyl groups excluding tert-OH is 2. The van der Waals surface area contributed by atoms with Gasteiger partial charge in [0.2, 0.25) is 0 Å². The summed E-state index contributed by atoms with van der Waals surface area (Å²) in [5, 5.41) is 21.4. The van der Waals surface area contributed by atoms with Crippen molar-refractivity contribution in [1.82, 2.24) is 9.78 Å². The van der Waals surface area contributed by atoms with E-state index >= 15 is 0 Å². The van der Waals surface area contributed by atoms with Gasteiger partial charge in [-0.2, -0.15) is 5.10 Å². The van der Waals surface area contributed by atoms with Crippen LogP contribution in [0.1, 0.15) is 0 Å². The second kappa shape index (κ2) is 4.10. The number of rotatable bonds is 4. The van der Waals surface area contributed by atoms with Crippen LogP contribution in [0.25, 0.3) is 0 Å². The Morgan fingerprint density at radius 2 is 2.09 bits per heavy atom. The van der Waals surface area contributed by atoms with E-state index in [1.807, 2.05) is 6.07 Å². The summed E-state index contributed by atoms with van der Waals surface area (Å²) in [6.07, 6.45) is 3.48. The van der Waals surface area contributed by atoms with Gasteiger partial charge in [0.05, 0.1) is 0 Å². The monoisotopic (exact) mass is 156 g/mol. The molecule has 0 atom stereocenters. The maximum absolute atomic E-state index is 8.72. The van der Waals surface area contributed by atoms with E-state index < -0.39 is 0 Å². The van der Waals surface area contributed by atoms with Gasteiger partial charge in [-0.3, -0.25) is 4.68 Å². The minimum atomic E-state index is -0.102. The van der Waals surface area contributed by atoms with Crippen molar-refractivity contribution in [2.45, 2.75) is 6.54 Å². The molecular formula is C7H12N2O2. The first-order valence-corrected chi connectivity index (χ1v) is 3.56. The number of aromatic nitrogens is 2. The van der Waals surface area contributed by atoms with E-state index in [4.69, 9.17) is 10.2 Å². The van der Waals surface area contributed by atoms with Crippen molar-refractivity contribution in [2.24, 2.45) is 5.92 Å². The Morgan fingerprint density at radius 3 is 2.55 bits per heavy atom. The molecule has 4 heteroatoms. The number of hydrogen-bond donors (Lipinski definition) is 2. The highest BCUT2D eigenvalue weighted by molar-refractivity contribution is 4.78. The smallest absolute Gasteiger partial charge is 0.0499 e. The highest BCUT2D eigenvalue weighted by Crippen LogP contribution is 1.97. The van der Waals surface area contributed by atoms with Crippen LogP contribution in [-0.2, 0) is 6.54 Å². The molecule has 0 amide bonds. The lowest BCUT2D eigenvalue weighted by Gasteiger charge is -2.09. The third-order valence-electron chi connectivity index (χ3n) is 1.52. The summed E-state index contributed by atoms with van der Waals surface area (Å²) in [5.41, 5.74) is 0. The first-order valence-electron chi connectivity index (χ1n) is 3.56. The normalized spacial score (nSPS) is 10.8. The summed E-state index contributed by atoms with van der Waals surface area (Å²) in [7, 11) is 0. The summed E-state index contributed by atoms with van der Waals surface area (Å²) in [5.74, 6) is -0.102. The molecule has 0 fully saturated rings. The first-order chi connectivity index (χ1) is 5.36. The van der Waals surface area contributed by atoms with Gasteiger partial charge >= 0.3 is 0 Å². The van der Waals surface area contributed by atoms with Crippen molar-refractivity contribution in [1.29, 1.82) is 0 Å². The quantitative estimate of drug-likeness (QED) is 0.617. The fourth-order valence-electron chi connectivity index (χ4n) is 0.846. The molecule has 0 aliphatic heterocycles. The van der Waals surface area contributed by atoms with E-state index in [1.165, 1.54) is 0 Å². The van der Waals surface area contributed by atoms with Crippen molar-refractivity contribution in [3.05, 3.63) is 18.5 Å². The fraction of sp³-hybridized carbons (Fsp3) is 0.571. The van der Waals surface area contributed by atoms with Crippen molar-refractivity contribution < 1.29 is 10.2 Å². The van der Waals surface area contributed by atoms with Crippen molar-refractivity contribution in [2.75, 3.05) is 13.2 Å². The maximum Gasteiger partial charge on any atom is 0.0499 e. The number of nitrogens with zero attached hydrogens (tertiary/aromatic N) is 2. The van der Waals surface area contributed by atoms with Crippen LogP contribution in [0.3, 0.4) is 0 Å². The molecule has 11 heavy (non-hydrogen) atoms. The SMILES string of the molecule is OCC(CO)Cn1cccn1. The van der Waals surface area contributed by atoms with Crippen LogP contribution in [0.2, 0.25) is 0 Å². The topological polar surface area (TPSA) is 58.3 Å². The average Bonchev–Trinajstić information content (AvgIpc) is 2.52. The van der Waals surface area contributed by atoms with Gasteiger partial charge in [0.15, 0.2) is 0 Å². The molecule has 0 aliphatic rings. The molecule has 0 saturated heterocycles. The molecule has 2 N–H and O–H groups in total. The standard InChI is InChI=1S/C7H12N2O2/c10-5-7(6-11)4-9-3-1-2-8-9/h1-3,7,10-11H,4-6H2. The van der Waals surface area contributed by atoms with Crippen LogP contribution >= 0.6 is 0 Å². The van der Waals surface area contributed by atoms with Crippen molar-refractivity contribution >= 4 is 0 Å². The summed E-state index contributed by atoms with van der Waals surface area (Å²) in [6.45, 7) is 0.562. The highest BCUT2D eigenvalue weighted by atomic mass is 16.3. The van der Waals surface area contributed by atoms with Gasteiger partial charge in [-0.05, 0) is 6.07 Å². The molecule has 0 spiro atoms. The molecule has 1 heterocycles. The van der Waals surface area contributed by atoms with Crippen LogP contribution in [0, 0.1) is 5.92 Å². The summed E-state index contributed by atoms with van der Waals surface area (Å²) >= 11 is 0. The second-order valence-corrected chi connectivity index (χ2v) is 2.46. The first kappa shape index (κ1) is 8.23. The zero-order valence-corrected chi connectivity index (χ0v) is 6.22. The van der Waals surface area contributed by atoms with E-state index in [0.29, 0.717) is 6.54 Å². The summed E-state index contributed by atoms with van der Waals surface area (Å²) in [4.78, 5) is 0. The lowest BCUT2D eigenvalue weighted by molar-refractivity contribution is 0.134. The van der Waals surface area contributed by atoms with E-state index in [2.05, 4.69) is 5.10 Å². The van der Waals surface area contributed by atoms with E-state index in [1.54, 1.807) is 17.1 Å². The van der Waals surface area contributed by atoms with E-state index in [9.17, 15) is 0 Å². The molecular weight excluding hydrogens is 144 g/mol. The zero-order chi connectivity index (χ0) is 8.10. The second-order valence-electron chi connectivity index (χ2n) is 2.46. The van der Waals surface area contributed by atoms with Gasteiger partial charge in [-0.15, -0.1) is 0 Å². The summed E-state index contributed by atoms with van der Waals surface area (Å²) in [6, 6.07) is 1.81. The summed E-state index contributed by atoms with van der Waals surface area (Å²) < 4.78 is 1.69. The van der Waals surface area contributed by atoms with Crippen LogP contribution in [0.4, 0.5) is 0 Å². The molecule has 62 valence electrons. The van der Waals surface area contributed by atoms with Crippen molar-refractivity contribution in [3.63, 3.8) is 0 Å². The predicted octanol–water partition coefficient (Wildman–Crippen LogP) is -0.516. The fourth-order valence-corrected chi connectivity index (χ4v) is 0.846. The van der Waals surface area contributed by atoms with Crippen LogP contribution in [-0.4, -0.2) is 33.2 Å². The molecule has 0 radical (unpaired) electrons. The molecule has 1 aromatic rings. The van der Waals surface area contributed by atoms with Crippen LogP contribution in [0.5, 0.6) is 0 Å². The Bertz CT molecular complexity index is 182. The van der Waals surface area contributed by atoms with Gasteiger partial charge in [0, 0.05) is 38.1 Å². The lowest BCUT2D eigenvalue weighted by Crippen LogP contribution is -2.18. The van der Waals surface area contributed by atoms with Crippen molar-refractivity contribution in [3.8, 4) is 0 Å². The Labute approximate surface area is 65.1 Å². The van der Waals surface area contributed by atoms with Gasteiger partial charge in [0.25, 0.3) is 0 Å². The van der Waals surface area contributed by atoms with Gasteiger partial charge in [-0.1, -0.05) is 0 Å². The Balaban J connectivity index is 2.41. The van der Waals surface area contributed by atoms with Gasteiger partial charge in [-0.25, -0.2) is 0 Å². The minimum Gasteiger partial charge on any atom is -0.396 e. The third kappa shape index (κ3) is 2.32. The molecule has 1 rings (SSSR count). The predicted molar refractivity (Wildman–Crippen MR) is 39.9 cm³/mol. The van der Waals surface area contributed by atoms with Gasteiger partial charge < -0.3 is 10.2 Å². The largest absolute Gasteiger partial charge is 0.396 e. The van der Waals surface area contributed by atoms with E-state index in [-0.39, 0.29) is 19.1 Å². The van der Waals surface area contributed by atoms with E-state index in [0.717, 1.165) is 0 Å². The molecule has 0 aromatic carbocycles. The lowest BCUT2D eigenvalue weighted by atomic mass is 10.2. The average molecular weight is 156 g/mol. The van der Waals surface area contributed by atoms with Gasteiger partial charge in [0.1, 0.15) is 0 Å². The minimum absolute atomic E-state index is 0.00361. The third-order valence-corrected chi connectivity index (χ3v) is 1.52. The highest BCUT2D eigenvalue weighted by Gasteiger charge is 2.05. The Hall–Kier alpha value is -0.870.